The van der Waals surface area contributed by atoms with Gasteiger partial charge in [0.1, 0.15) is 13.2 Å². The van der Waals surface area contributed by atoms with Gasteiger partial charge in [-0.05, 0) is 24.1 Å². The summed E-state index contributed by atoms with van der Waals surface area (Å²) in [5, 5.41) is 5.71. The van der Waals surface area contributed by atoms with Gasteiger partial charge < -0.3 is 24.8 Å². The lowest BCUT2D eigenvalue weighted by molar-refractivity contribution is 0.171. The molecule has 1 saturated heterocycles. The highest BCUT2D eigenvalue weighted by Crippen LogP contribution is 2.30. The van der Waals surface area contributed by atoms with Crippen LogP contribution in [0.15, 0.2) is 18.2 Å². The zero-order chi connectivity index (χ0) is 14.5. The monoisotopic (exact) mass is 292 g/mol. The number of carbonyl (C=O) groups is 1. The summed E-state index contributed by atoms with van der Waals surface area (Å²) >= 11 is 0. The van der Waals surface area contributed by atoms with Gasteiger partial charge >= 0.3 is 6.03 Å². The maximum Gasteiger partial charge on any atom is 0.315 e. The maximum atomic E-state index is 11.7. The van der Waals surface area contributed by atoms with Crippen molar-refractivity contribution in [3.63, 3.8) is 0 Å². The van der Waals surface area contributed by atoms with Gasteiger partial charge in [0.05, 0.1) is 6.61 Å². The molecule has 6 heteroatoms. The van der Waals surface area contributed by atoms with Gasteiger partial charge in [-0.1, -0.05) is 6.07 Å². The van der Waals surface area contributed by atoms with Gasteiger partial charge in [0.15, 0.2) is 11.5 Å². The fourth-order valence-corrected chi connectivity index (χ4v) is 2.42. The Morgan fingerprint density at radius 1 is 1.14 bits per heavy atom. The van der Waals surface area contributed by atoms with Crippen LogP contribution in [0.25, 0.3) is 0 Å². The summed E-state index contributed by atoms with van der Waals surface area (Å²) in [4.78, 5) is 11.7. The van der Waals surface area contributed by atoms with Gasteiger partial charge in [0.2, 0.25) is 0 Å². The van der Waals surface area contributed by atoms with Crippen molar-refractivity contribution in [3.8, 4) is 11.5 Å². The van der Waals surface area contributed by atoms with E-state index in [0.717, 1.165) is 36.7 Å². The summed E-state index contributed by atoms with van der Waals surface area (Å²) in [6, 6.07) is 5.55. The van der Waals surface area contributed by atoms with Crippen LogP contribution in [-0.4, -0.2) is 39.0 Å². The molecule has 1 unspecified atom stereocenters. The molecule has 0 aromatic heterocycles. The second kappa shape index (κ2) is 6.67. The molecule has 1 aromatic rings. The summed E-state index contributed by atoms with van der Waals surface area (Å²) in [7, 11) is 0. The summed E-state index contributed by atoms with van der Waals surface area (Å²) in [5.74, 6) is 1.93. The molecule has 2 N–H and O–H groups in total. The first-order chi connectivity index (χ1) is 10.3. The van der Waals surface area contributed by atoms with Crippen LogP contribution in [-0.2, 0) is 11.3 Å². The minimum absolute atomic E-state index is 0.156. The average molecular weight is 292 g/mol. The van der Waals surface area contributed by atoms with Crippen molar-refractivity contribution in [2.45, 2.75) is 13.0 Å². The number of hydrogen-bond acceptors (Lipinski definition) is 4. The van der Waals surface area contributed by atoms with Crippen molar-refractivity contribution in [1.82, 2.24) is 10.6 Å². The van der Waals surface area contributed by atoms with Crippen LogP contribution in [0.5, 0.6) is 11.5 Å². The van der Waals surface area contributed by atoms with Gasteiger partial charge in [0.25, 0.3) is 0 Å². The molecule has 2 aliphatic rings. The molecule has 114 valence electrons. The Labute approximate surface area is 123 Å². The minimum atomic E-state index is -0.156. The first-order valence-electron chi connectivity index (χ1n) is 7.29. The largest absolute Gasteiger partial charge is 0.486 e. The molecule has 2 amide bonds. The lowest BCUT2D eigenvalue weighted by Gasteiger charge is -2.19. The first kappa shape index (κ1) is 14.0. The van der Waals surface area contributed by atoms with Crippen LogP contribution in [0.4, 0.5) is 4.79 Å². The molecule has 21 heavy (non-hydrogen) atoms. The molecule has 3 rings (SSSR count). The molecule has 0 radical (unpaired) electrons. The summed E-state index contributed by atoms with van der Waals surface area (Å²) in [6.45, 7) is 3.80. The van der Waals surface area contributed by atoms with E-state index < -0.39 is 0 Å². The summed E-state index contributed by atoms with van der Waals surface area (Å²) in [6.07, 6.45) is 1.02. The first-order valence-corrected chi connectivity index (χ1v) is 7.29. The number of urea groups is 1. The van der Waals surface area contributed by atoms with E-state index in [0.29, 0.717) is 32.2 Å². The predicted octanol–water partition coefficient (Wildman–Crippen LogP) is 1.29. The molecule has 1 fully saturated rings. The predicted molar refractivity (Wildman–Crippen MR) is 76.6 cm³/mol. The number of nitrogens with one attached hydrogen (secondary N) is 2. The molecule has 0 spiro atoms. The Kier molecular flexibility index (Phi) is 4.45. The Hall–Kier alpha value is -1.95. The van der Waals surface area contributed by atoms with E-state index >= 15 is 0 Å². The van der Waals surface area contributed by atoms with Crippen molar-refractivity contribution in [2.24, 2.45) is 5.92 Å². The Balaban J connectivity index is 1.44. The average Bonchev–Trinajstić information content (AvgIpc) is 3.04. The third kappa shape index (κ3) is 3.78. The molecule has 2 aliphatic heterocycles. The minimum Gasteiger partial charge on any atom is -0.486 e. The van der Waals surface area contributed by atoms with Crippen molar-refractivity contribution in [2.75, 3.05) is 33.0 Å². The van der Waals surface area contributed by atoms with Crippen LogP contribution in [0, 0.1) is 5.92 Å². The fraction of sp³-hybridized carbons (Fsp3) is 0.533. The van der Waals surface area contributed by atoms with E-state index in [2.05, 4.69) is 10.6 Å². The molecule has 1 aromatic carbocycles. The van der Waals surface area contributed by atoms with Crippen molar-refractivity contribution < 1.29 is 19.0 Å². The highest BCUT2D eigenvalue weighted by molar-refractivity contribution is 5.73. The topological polar surface area (TPSA) is 68.8 Å². The van der Waals surface area contributed by atoms with Crippen molar-refractivity contribution >= 4 is 6.03 Å². The number of fused-ring (bicyclic) bond motifs is 1. The summed E-state index contributed by atoms with van der Waals surface area (Å²) in [5.41, 5.74) is 0.985. The Bertz CT molecular complexity index is 500. The SMILES string of the molecule is O=C(NCc1ccc2c(c1)OCCO2)NCC1CCOC1. The van der Waals surface area contributed by atoms with Gasteiger partial charge in [-0.25, -0.2) is 4.79 Å². The maximum absolute atomic E-state index is 11.7. The lowest BCUT2D eigenvalue weighted by atomic mass is 10.1. The molecule has 6 nitrogen and oxygen atoms in total. The van der Waals surface area contributed by atoms with E-state index in [1.807, 2.05) is 18.2 Å². The van der Waals surface area contributed by atoms with Crippen LogP contribution in [0.2, 0.25) is 0 Å². The van der Waals surface area contributed by atoms with Crippen LogP contribution >= 0.6 is 0 Å². The van der Waals surface area contributed by atoms with Crippen molar-refractivity contribution in [1.29, 1.82) is 0 Å². The van der Waals surface area contributed by atoms with Crippen LogP contribution in [0.3, 0.4) is 0 Å². The highest BCUT2D eigenvalue weighted by Gasteiger charge is 2.16. The number of carbonyl (C=O) groups excluding carboxylic acids is 1. The zero-order valence-corrected chi connectivity index (χ0v) is 11.9. The molecular formula is C15H20N2O4. The third-order valence-electron chi connectivity index (χ3n) is 3.63. The van der Waals surface area contributed by atoms with E-state index in [1.165, 1.54) is 0 Å². The Morgan fingerprint density at radius 2 is 2.00 bits per heavy atom. The van der Waals surface area contributed by atoms with Gasteiger partial charge in [0, 0.05) is 25.6 Å². The van der Waals surface area contributed by atoms with E-state index in [-0.39, 0.29) is 6.03 Å². The molecular weight excluding hydrogens is 272 g/mol. The smallest absolute Gasteiger partial charge is 0.315 e. The standard InChI is InChI=1S/C15H20N2O4/c18-15(17-9-12-3-4-19-10-12)16-8-11-1-2-13-14(7-11)21-6-5-20-13/h1-2,7,12H,3-6,8-10H2,(H2,16,17,18). The Morgan fingerprint density at radius 3 is 2.81 bits per heavy atom. The van der Waals surface area contributed by atoms with Gasteiger partial charge in [-0.15, -0.1) is 0 Å². The quantitative estimate of drug-likeness (QED) is 0.877. The number of hydrogen-bond donors (Lipinski definition) is 2. The normalized spacial score (nSPS) is 20.1. The molecule has 0 aliphatic carbocycles. The second-order valence-electron chi connectivity index (χ2n) is 5.27. The second-order valence-corrected chi connectivity index (χ2v) is 5.27. The van der Waals surface area contributed by atoms with Crippen molar-refractivity contribution in [3.05, 3.63) is 23.8 Å². The number of ether oxygens (including phenoxy) is 3. The van der Waals surface area contributed by atoms with Gasteiger partial charge in [-0.2, -0.15) is 0 Å². The molecule has 1 atom stereocenters. The number of benzene rings is 1. The third-order valence-corrected chi connectivity index (χ3v) is 3.63. The zero-order valence-electron chi connectivity index (χ0n) is 11.9. The number of amides is 2. The van der Waals surface area contributed by atoms with Crippen LogP contribution < -0.4 is 20.1 Å². The molecule has 2 heterocycles. The van der Waals surface area contributed by atoms with E-state index in [1.54, 1.807) is 0 Å². The van der Waals surface area contributed by atoms with E-state index in [9.17, 15) is 4.79 Å². The van der Waals surface area contributed by atoms with Gasteiger partial charge in [-0.3, -0.25) is 0 Å². The fourth-order valence-electron chi connectivity index (χ4n) is 2.42. The lowest BCUT2D eigenvalue weighted by Crippen LogP contribution is -2.38. The number of rotatable bonds is 4. The van der Waals surface area contributed by atoms with E-state index in [4.69, 9.17) is 14.2 Å². The van der Waals surface area contributed by atoms with Crippen LogP contribution in [0.1, 0.15) is 12.0 Å². The highest BCUT2D eigenvalue weighted by atomic mass is 16.6. The molecule has 0 saturated carbocycles. The summed E-state index contributed by atoms with van der Waals surface area (Å²) < 4.78 is 16.3. The molecule has 0 bridgehead atoms.